The first-order valence-electron chi connectivity index (χ1n) is 6.09. The standard InChI is InChI=1S/C14HF9O2/c15-5-1-2-4(7(17)10(20)9(19)6(2)16)14(25-23)8(18)3(1)13(24)12(22)11(5)21/h24H. The van der Waals surface area contributed by atoms with E-state index >= 15 is 0 Å². The zero-order valence-corrected chi connectivity index (χ0v) is 11.3. The molecule has 0 heterocycles. The molecule has 3 rings (SSSR count). The van der Waals surface area contributed by atoms with E-state index in [-0.39, 0.29) is 0 Å². The van der Waals surface area contributed by atoms with E-state index in [0.717, 1.165) is 0 Å². The van der Waals surface area contributed by atoms with E-state index in [9.17, 15) is 44.8 Å². The van der Waals surface area contributed by atoms with Crippen LogP contribution in [0.3, 0.4) is 0 Å². The van der Waals surface area contributed by atoms with Crippen molar-refractivity contribution >= 4 is 21.5 Å². The van der Waals surface area contributed by atoms with Crippen molar-refractivity contribution in [3.05, 3.63) is 46.5 Å². The Balaban J connectivity index is 2.87. The van der Waals surface area contributed by atoms with Gasteiger partial charge in [-0.1, -0.05) is 0 Å². The lowest BCUT2D eigenvalue weighted by Crippen LogP contribution is -2.04. The second-order valence-corrected chi connectivity index (χ2v) is 4.77. The summed E-state index contributed by atoms with van der Waals surface area (Å²) in [6.45, 7) is 0. The van der Waals surface area contributed by atoms with Gasteiger partial charge < -0.3 is 5.11 Å². The molecule has 132 valence electrons. The van der Waals surface area contributed by atoms with E-state index in [4.69, 9.17) is 0 Å². The van der Waals surface area contributed by atoms with Crippen LogP contribution in [0.5, 0.6) is 11.5 Å². The van der Waals surface area contributed by atoms with E-state index in [1.807, 2.05) is 0 Å². The van der Waals surface area contributed by atoms with Crippen LogP contribution in [-0.4, -0.2) is 5.11 Å². The number of aromatic hydroxyl groups is 1. The lowest BCUT2D eigenvalue weighted by atomic mass is 9.97. The summed E-state index contributed by atoms with van der Waals surface area (Å²) in [6, 6.07) is 0. The highest BCUT2D eigenvalue weighted by Gasteiger charge is 2.33. The van der Waals surface area contributed by atoms with Crippen molar-refractivity contribution in [3.63, 3.8) is 0 Å². The molecule has 25 heavy (non-hydrogen) atoms. The van der Waals surface area contributed by atoms with Crippen LogP contribution in [0.1, 0.15) is 0 Å². The molecule has 0 spiro atoms. The maximum absolute atomic E-state index is 14.2. The number of phenols is 1. The molecule has 0 atom stereocenters. The van der Waals surface area contributed by atoms with Gasteiger partial charge in [-0.15, -0.1) is 0 Å². The third kappa shape index (κ3) is 1.94. The van der Waals surface area contributed by atoms with Gasteiger partial charge in [0.05, 0.1) is 10.8 Å². The molecule has 1 N–H and O–H groups in total. The quantitative estimate of drug-likeness (QED) is 0.280. The Morgan fingerprint density at radius 2 is 0.880 bits per heavy atom. The summed E-state index contributed by atoms with van der Waals surface area (Å²) in [4.78, 5) is 2.94. The summed E-state index contributed by atoms with van der Waals surface area (Å²) >= 11 is 0. The first-order chi connectivity index (χ1) is 11.6. The van der Waals surface area contributed by atoms with Gasteiger partial charge in [-0.3, -0.25) is 4.94 Å². The molecule has 0 aliphatic carbocycles. The summed E-state index contributed by atoms with van der Waals surface area (Å²) in [5, 5.41) is 2.62. The normalized spacial score (nSPS) is 11.6. The molecule has 0 aromatic heterocycles. The number of phenolic OH excluding ortho intramolecular Hbond substituents is 1. The van der Waals surface area contributed by atoms with Gasteiger partial charge in [0.15, 0.2) is 46.5 Å². The fraction of sp³-hybridized carbons (Fsp3) is 0. The van der Waals surface area contributed by atoms with Gasteiger partial charge in [0.1, 0.15) is 0 Å². The Labute approximate surface area is 130 Å². The van der Waals surface area contributed by atoms with E-state index < -0.39 is 79.6 Å². The molecule has 0 bridgehead atoms. The van der Waals surface area contributed by atoms with Gasteiger partial charge in [0.2, 0.25) is 11.6 Å². The van der Waals surface area contributed by atoms with Crippen LogP contribution in [0.25, 0.3) is 21.5 Å². The fourth-order valence-corrected chi connectivity index (χ4v) is 2.47. The van der Waals surface area contributed by atoms with Crippen LogP contribution >= 0.6 is 0 Å². The molecule has 2 nitrogen and oxygen atoms in total. The molecule has 3 aromatic rings. The molecule has 0 radical (unpaired) electrons. The van der Waals surface area contributed by atoms with Gasteiger partial charge >= 0.3 is 0 Å². The fourth-order valence-electron chi connectivity index (χ4n) is 2.47. The van der Waals surface area contributed by atoms with Gasteiger partial charge in [-0.2, -0.15) is 4.39 Å². The van der Waals surface area contributed by atoms with Gasteiger partial charge in [-0.25, -0.2) is 30.7 Å². The molecule has 0 amide bonds. The second kappa shape index (κ2) is 5.33. The SMILES string of the molecule is Oc1c(F)c(F)c(F)c2c1c(F)c(OF)c1c(F)c(F)c(F)c(F)c12. The van der Waals surface area contributed by atoms with Crippen LogP contribution in [0, 0.1) is 46.5 Å². The predicted octanol–water partition coefficient (Wildman–Crippen LogP) is 5.07. The molecule has 0 unspecified atom stereocenters. The molecule has 0 aliphatic heterocycles. The average Bonchev–Trinajstić information content (AvgIpc) is 2.59. The van der Waals surface area contributed by atoms with Crippen molar-refractivity contribution in [1.29, 1.82) is 0 Å². The van der Waals surface area contributed by atoms with E-state index in [0.29, 0.717) is 0 Å². The molecule has 0 saturated heterocycles. The monoisotopic (exact) mass is 372 g/mol. The minimum Gasteiger partial charge on any atom is -0.504 e. The molecule has 0 fully saturated rings. The van der Waals surface area contributed by atoms with Crippen LogP contribution < -0.4 is 4.94 Å². The molecule has 0 aliphatic rings. The Bertz CT molecular complexity index is 1080. The molecule has 3 aromatic carbocycles. The van der Waals surface area contributed by atoms with Gasteiger partial charge in [0, 0.05) is 15.3 Å². The first-order valence-corrected chi connectivity index (χ1v) is 6.09. The molecule has 0 saturated carbocycles. The molecular weight excluding hydrogens is 371 g/mol. The molecular formula is C14HF9O2. The number of halogens is 9. The zero-order valence-electron chi connectivity index (χ0n) is 11.3. The number of benzene rings is 3. The van der Waals surface area contributed by atoms with Crippen molar-refractivity contribution in [3.8, 4) is 11.5 Å². The summed E-state index contributed by atoms with van der Waals surface area (Å²) in [6.07, 6.45) is 0. The summed E-state index contributed by atoms with van der Waals surface area (Å²) in [5.41, 5.74) is 0. The van der Waals surface area contributed by atoms with Crippen molar-refractivity contribution in [1.82, 2.24) is 0 Å². The zero-order chi connectivity index (χ0) is 18.8. The highest BCUT2D eigenvalue weighted by atomic mass is 19.3. The Kier molecular flexibility index (Phi) is 3.62. The smallest absolute Gasteiger partial charge is 0.219 e. The second-order valence-electron chi connectivity index (χ2n) is 4.77. The predicted molar refractivity (Wildman–Crippen MR) is 64.5 cm³/mol. The van der Waals surface area contributed by atoms with Crippen LogP contribution in [0.4, 0.5) is 39.6 Å². The highest BCUT2D eigenvalue weighted by molar-refractivity contribution is 6.13. The van der Waals surface area contributed by atoms with Gasteiger partial charge in [0.25, 0.3) is 0 Å². The lowest BCUT2D eigenvalue weighted by molar-refractivity contribution is -0.00853. The largest absolute Gasteiger partial charge is 0.504 e. The minimum atomic E-state index is -2.52. The number of hydrogen-bond donors (Lipinski definition) is 1. The lowest BCUT2D eigenvalue weighted by Gasteiger charge is -2.14. The Morgan fingerprint density at radius 1 is 0.480 bits per heavy atom. The summed E-state index contributed by atoms with van der Waals surface area (Å²) in [7, 11) is 0. The number of fused-ring (bicyclic) bond motifs is 3. The van der Waals surface area contributed by atoms with Crippen LogP contribution in [-0.2, 0) is 0 Å². The summed E-state index contributed by atoms with van der Waals surface area (Å²) in [5.74, 6) is -23.0. The van der Waals surface area contributed by atoms with Crippen LogP contribution in [0.2, 0.25) is 0 Å². The summed E-state index contributed by atoms with van der Waals surface area (Å²) < 4.78 is 122. The third-order valence-electron chi connectivity index (χ3n) is 3.54. The Morgan fingerprint density at radius 3 is 1.36 bits per heavy atom. The maximum Gasteiger partial charge on any atom is 0.219 e. The maximum atomic E-state index is 14.2. The molecule has 11 heteroatoms. The van der Waals surface area contributed by atoms with Crippen molar-refractivity contribution in [2.45, 2.75) is 0 Å². The van der Waals surface area contributed by atoms with Crippen LogP contribution in [0.15, 0.2) is 0 Å². The van der Waals surface area contributed by atoms with E-state index in [1.165, 1.54) is 0 Å². The third-order valence-corrected chi connectivity index (χ3v) is 3.54. The topological polar surface area (TPSA) is 29.5 Å². The van der Waals surface area contributed by atoms with E-state index in [2.05, 4.69) is 4.94 Å². The van der Waals surface area contributed by atoms with Crippen molar-refractivity contribution in [2.24, 2.45) is 0 Å². The highest BCUT2D eigenvalue weighted by Crippen LogP contribution is 2.46. The van der Waals surface area contributed by atoms with Crippen molar-refractivity contribution in [2.75, 3.05) is 0 Å². The average molecular weight is 372 g/mol. The van der Waals surface area contributed by atoms with E-state index in [1.54, 1.807) is 0 Å². The number of hydrogen-bond acceptors (Lipinski definition) is 2. The van der Waals surface area contributed by atoms with Gasteiger partial charge in [-0.05, 0) is 0 Å². The Hall–Kier alpha value is -2.85. The minimum absolute atomic E-state index is 1.67. The number of rotatable bonds is 1. The van der Waals surface area contributed by atoms with Crippen molar-refractivity contribution < 1.29 is 49.7 Å². The first kappa shape index (κ1) is 17.0.